The third-order valence-electron chi connectivity index (χ3n) is 2.81. The first-order valence-electron chi connectivity index (χ1n) is 5.75. The molecular formula is C15H13ClO2S. The number of aliphatic carboxylic acids is 1. The van der Waals surface area contributed by atoms with Crippen molar-refractivity contribution in [1.82, 2.24) is 0 Å². The number of rotatable bonds is 4. The van der Waals surface area contributed by atoms with Gasteiger partial charge in [0.2, 0.25) is 0 Å². The van der Waals surface area contributed by atoms with Crippen molar-refractivity contribution in [2.75, 3.05) is 6.26 Å². The molecular weight excluding hydrogens is 280 g/mol. The highest BCUT2D eigenvalue weighted by atomic mass is 35.5. The summed E-state index contributed by atoms with van der Waals surface area (Å²) in [5.74, 6) is -0.857. The largest absolute Gasteiger partial charge is 0.481 e. The summed E-state index contributed by atoms with van der Waals surface area (Å²) >= 11 is 7.61. The zero-order valence-corrected chi connectivity index (χ0v) is 12.0. The van der Waals surface area contributed by atoms with Gasteiger partial charge in [-0.05, 0) is 47.2 Å². The third-order valence-corrected chi connectivity index (χ3v) is 3.79. The van der Waals surface area contributed by atoms with Crippen LogP contribution >= 0.6 is 23.4 Å². The Bertz CT molecular complexity index is 594. The smallest absolute Gasteiger partial charge is 0.307 e. The first kappa shape index (κ1) is 14.0. The van der Waals surface area contributed by atoms with E-state index in [-0.39, 0.29) is 6.42 Å². The lowest BCUT2D eigenvalue weighted by molar-refractivity contribution is -0.136. The summed E-state index contributed by atoms with van der Waals surface area (Å²) in [4.78, 5) is 12.1. The van der Waals surface area contributed by atoms with E-state index in [1.54, 1.807) is 23.9 Å². The van der Waals surface area contributed by atoms with Crippen LogP contribution in [0.15, 0.2) is 47.4 Å². The van der Waals surface area contributed by atoms with Gasteiger partial charge >= 0.3 is 5.97 Å². The van der Waals surface area contributed by atoms with Crippen LogP contribution in [-0.4, -0.2) is 17.3 Å². The van der Waals surface area contributed by atoms with Gasteiger partial charge < -0.3 is 5.11 Å². The van der Waals surface area contributed by atoms with Crippen molar-refractivity contribution in [2.24, 2.45) is 0 Å². The maximum atomic E-state index is 10.9. The summed E-state index contributed by atoms with van der Waals surface area (Å²) < 4.78 is 0. The van der Waals surface area contributed by atoms with Gasteiger partial charge in [-0.1, -0.05) is 29.8 Å². The van der Waals surface area contributed by atoms with Crippen molar-refractivity contribution < 1.29 is 9.90 Å². The molecule has 0 spiro atoms. The molecule has 0 heterocycles. The lowest BCUT2D eigenvalue weighted by atomic mass is 9.98. The Hall–Kier alpha value is -1.45. The first-order valence-corrected chi connectivity index (χ1v) is 7.35. The number of benzene rings is 2. The summed E-state index contributed by atoms with van der Waals surface area (Å²) in [5, 5.41) is 9.52. The molecule has 0 bridgehead atoms. The summed E-state index contributed by atoms with van der Waals surface area (Å²) in [6.45, 7) is 0. The van der Waals surface area contributed by atoms with Gasteiger partial charge in [0.15, 0.2) is 0 Å². The third kappa shape index (κ3) is 3.52. The highest BCUT2D eigenvalue weighted by Crippen LogP contribution is 2.28. The molecule has 1 N–H and O–H groups in total. The van der Waals surface area contributed by atoms with E-state index < -0.39 is 5.97 Å². The Morgan fingerprint density at radius 2 is 1.89 bits per heavy atom. The van der Waals surface area contributed by atoms with E-state index in [1.165, 1.54) is 4.90 Å². The van der Waals surface area contributed by atoms with E-state index >= 15 is 0 Å². The maximum Gasteiger partial charge on any atom is 0.307 e. The zero-order chi connectivity index (χ0) is 13.8. The minimum atomic E-state index is -0.857. The lowest BCUT2D eigenvalue weighted by Crippen LogP contribution is -2.01. The van der Waals surface area contributed by atoms with E-state index in [0.717, 1.165) is 16.7 Å². The molecule has 98 valence electrons. The Morgan fingerprint density at radius 1 is 1.21 bits per heavy atom. The number of hydrogen-bond donors (Lipinski definition) is 1. The number of carboxylic acid groups (broad SMARTS) is 1. The molecule has 2 aromatic carbocycles. The second kappa shape index (κ2) is 6.13. The van der Waals surface area contributed by atoms with E-state index in [0.29, 0.717) is 5.02 Å². The molecule has 0 aliphatic heterocycles. The molecule has 0 radical (unpaired) electrons. The van der Waals surface area contributed by atoms with Crippen LogP contribution in [0.4, 0.5) is 0 Å². The van der Waals surface area contributed by atoms with Crippen LogP contribution in [0.2, 0.25) is 5.02 Å². The van der Waals surface area contributed by atoms with Crippen LogP contribution in [0, 0.1) is 0 Å². The number of halogens is 1. The SMILES string of the molecule is CSc1ccc(-c2ccc(Cl)cc2CC(=O)O)cc1. The fourth-order valence-corrected chi connectivity index (χ4v) is 2.53. The van der Waals surface area contributed by atoms with Crippen molar-refractivity contribution in [3.8, 4) is 11.1 Å². The molecule has 0 unspecified atom stereocenters. The van der Waals surface area contributed by atoms with E-state index in [4.69, 9.17) is 16.7 Å². The standard InChI is InChI=1S/C15H13ClO2S/c1-19-13-5-2-10(3-6-13)14-7-4-12(16)8-11(14)9-15(17)18/h2-8H,9H2,1H3,(H,17,18). The molecule has 0 saturated carbocycles. The Labute approximate surface area is 121 Å². The minimum absolute atomic E-state index is 0.0276. The van der Waals surface area contributed by atoms with Crippen molar-refractivity contribution in [3.63, 3.8) is 0 Å². The topological polar surface area (TPSA) is 37.3 Å². The molecule has 0 aliphatic carbocycles. The average molecular weight is 293 g/mol. The van der Waals surface area contributed by atoms with Crippen molar-refractivity contribution in [1.29, 1.82) is 0 Å². The molecule has 19 heavy (non-hydrogen) atoms. The molecule has 0 fully saturated rings. The van der Waals surface area contributed by atoms with E-state index in [1.807, 2.05) is 36.6 Å². The highest BCUT2D eigenvalue weighted by molar-refractivity contribution is 7.98. The fraction of sp³-hybridized carbons (Fsp3) is 0.133. The Balaban J connectivity index is 2.44. The van der Waals surface area contributed by atoms with Crippen LogP contribution in [0.1, 0.15) is 5.56 Å². The van der Waals surface area contributed by atoms with Crippen molar-refractivity contribution >= 4 is 29.3 Å². The van der Waals surface area contributed by atoms with Gasteiger partial charge in [0.05, 0.1) is 6.42 Å². The number of thioether (sulfide) groups is 1. The Kier molecular flexibility index (Phi) is 4.51. The molecule has 2 nitrogen and oxygen atoms in total. The van der Waals surface area contributed by atoms with Crippen LogP contribution < -0.4 is 0 Å². The monoisotopic (exact) mass is 292 g/mol. The van der Waals surface area contributed by atoms with Crippen LogP contribution in [0.25, 0.3) is 11.1 Å². The van der Waals surface area contributed by atoms with Gasteiger partial charge in [-0.15, -0.1) is 11.8 Å². The van der Waals surface area contributed by atoms with Crippen molar-refractivity contribution in [2.45, 2.75) is 11.3 Å². The van der Waals surface area contributed by atoms with Crippen LogP contribution in [-0.2, 0) is 11.2 Å². The quantitative estimate of drug-likeness (QED) is 0.851. The van der Waals surface area contributed by atoms with Gasteiger partial charge in [-0.25, -0.2) is 0 Å². The van der Waals surface area contributed by atoms with Gasteiger partial charge in [0.1, 0.15) is 0 Å². The predicted octanol–water partition coefficient (Wildman–Crippen LogP) is 4.36. The number of hydrogen-bond acceptors (Lipinski definition) is 2. The fourth-order valence-electron chi connectivity index (χ4n) is 1.92. The predicted molar refractivity (Wildman–Crippen MR) is 80.0 cm³/mol. The van der Waals surface area contributed by atoms with E-state index in [9.17, 15) is 4.79 Å². The first-order chi connectivity index (χ1) is 9.10. The molecule has 2 rings (SSSR count). The molecule has 0 saturated heterocycles. The zero-order valence-electron chi connectivity index (χ0n) is 10.4. The Morgan fingerprint density at radius 3 is 2.47 bits per heavy atom. The number of carboxylic acids is 1. The van der Waals surface area contributed by atoms with Crippen LogP contribution in [0.5, 0.6) is 0 Å². The summed E-state index contributed by atoms with van der Waals surface area (Å²) in [6, 6.07) is 13.4. The normalized spacial score (nSPS) is 10.4. The van der Waals surface area contributed by atoms with Gasteiger partial charge in [-0.2, -0.15) is 0 Å². The number of carbonyl (C=O) groups is 1. The lowest BCUT2D eigenvalue weighted by Gasteiger charge is -2.09. The molecule has 4 heteroatoms. The summed E-state index contributed by atoms with van der Waals surface area (Å²) in [6.07, 6.45) is 1.99. The maximum absolute atomic E-state index is 10.9. The van der Waals surface area contributed by atoms with Gasteiger partial charge in [0, 0.05) is 9.92 Å². The van der Waals surface area contributed by atoms with Crippen molar-refractivity contribution in [3.05, 3.63) is 53.1 Å². The van der Waals surface area contributed by atoms with Gasteiger partial charge in [0.25, 0.3) is 0 Å². The molecule has 0 atom stereocenters. The average Bonchev–Trinajstić information content (AvgIpc) is 2.38. The second-order valence-corrected chi connectivity index (χ2v) is 5.42. The van der Waals surface area contributed by atoms with Gasteiger partial charge in [-0.3, -0.25) is 4.79 Å². The molecule has 0 aliphatic rings. The second-order valence-electron chi connectivity index (χ2n) is 4.10. The molecule has 2 aromatic rings. The summed E-state index contributed by atoms with van der Waals surface area (Å²) in [5.41, 5.74) is 2.65. The summed E-state index contributed by atoms with van der Waals surface area (Å²) in [7, 11) is 0. The minimum Gasteiger partial charge on any atom is -0.481 e. The van der Waals surface area contributed by atoms with Crippen LogP contribution in [0.3, 0.4) is 0 Å². The molecule has 0 amide bonds. The highest BCUT2D eigenvalue weighted by Gasteiger charge is 2.09. The van der Waals surface area contributed by atoms with E-state index in [2.05, 4.69) is 0 Å². The molecule has 0 aromatic heterocycles.